The molecular formula is C47H41NO2P2. The van der Waals surface area contributed by atoms with Gasteiger partial charge < -0.3 is 9.13 Å². The Morgan fingerprint density at radius 2 is 1.02 bits per heavy atom. The number of hydrogen-bond acceptors (Lipinski definition) is 3. The highest BCUT2D eigenvalue weighted by Gasteiger charge is 2.80. The van der Waals surface area contributed by atoms with Gasteiger partial charge >= 0.3 is 0 Å². The predicted molar refractivity (Wildman–Crippen MR) is 216 cm³/mol. The molecule has 0 saturated carbocycles. The van der Waals surface area contributed by atoms with E-state index < -0.39 is 30.4 Å². The van der Waals surface area contributed by atoms with Gasteiger partial charge in [-0.3, -0.25) is 4.90 Å². The lowest BCUT2D eigenvalue weighted by Crippen LogP contribution is -2.48. The van der Waals surface area contributed by atoms with Crippen LogP contribution in [0.5, 0.6) is 0 Å². The van der Waals surface area contributed by atoms with E-state index in [1.807, 2.05) is 30.3 Å². The molecule has 1 spiro atoms. The van der Waals surface area contributed by atoms with Gasteiger partial charge in [0.15, 0.2) is 0 Å². The molecule has 10 rings (SSSR count). The Bertz CT molecular complexity index is 2510. The molecule has 5 aromatic rings. The first kappa shape index (κ1) is 32.2. The highest BCUT2D eigenvalue weighted by Crippen LogP contribution is 2.97. The molecule has 2 unspecified atom stereocenters. The summed E-state index contributed by atoms with van der Waals surface area (Å²) < 4.78 is 34.1. The first-order valence-corrected chi connectivity index (χ1v) is 22.1. The van der Waals surface area contributed by atoms with Gasteiger partial charge in [-0.2, -0.15) is 0 Å². The minimum absolute atomic E-state index is 0.474. The van der Waals surface area contributed by atoms with Crippen molar-refractivity contribution in [3.8, 4) is 0 Å². The van der Waals surface area contributed by atoms with Gasteiger partial charge in [-0.05, 0) is 50.1 Å². The summed E-state index contributed by atoms with van der Waals surface area (Å²) in [4.78, 5) is 2.46. The summed E-state index contributed by atoms with van der Waals surface area (Å²) >= 11 is 0. The molecule has 0 aromatic heterocycles. The minimum Gasteiger partial charge on any atom is -0.316 e. The molecule has 5 aliphatic heterocycles. The van der Waals surface area contributed by atoms with E-state index in [0.717, 1.165) is 54.9 Å². The Labute approximate surface area is 306 Å². The third kappa shape index (κ3) is 3.87. The maximum Gasteiger partial charge on any atom is 0.145 e. The van der Waals surface area contributed by atoms with Crippen molar-refractivity contribution < 1.29 is 9.13 Å². The quantitative estimate of drug-likeness (QED) is 0.130. The number of allylic oxidation sites excluding steroid dienone is 2. The summed E-state index contributed by atoms with van der Waals surface area (Å²) in [5.74, 6) is 0. The van der Waals surface area contributed by atoms with Crippen molar-refractivity contribution in [3.05, 3.63) is 203 Å². The Morgan fingerprint density at radius 3 is 1.54 bits per heavy atom. The molecule has 256 valence electrons. The second-order valence-corrected chi connectivity index (χ2v) is 21.3. The van der Waals surface area contributed by atoms with Crippen molar-refractivity contribution in [2.75, 3.05) is 18.9 Å². The number of hydrogen-bond donors (Lipinski definition) is 0. The number of fused-ring (bicyclic) bond motifs is 8. The van der Waals surface area contributed by atoms with Gasteiger partial charge in [0.25, 0.3) is 0 Å². The summed E-state index contributed by atoms with van der Waals surface area (Å²) in [5.41, 5.74) is 8.69. The highest BCUT2D eigenvalue weighted by atomic mass is 31.2. The molecule has 5 heterocycles. The lowest BCUT2D eigenvalue weighted by molar-refractivity contribution is 0.236. The van der Waals surface area contributed by atoms with E-state index in [1.165, 1.54) is 11.1 Å². The topological polar surface area (TPSA) is 37.4 Å². The van der Waals surface area contributed by atoms with Gasteiger partial charge in [0.2, 0.25) is 0 Å². The summed E-state index contributed by atoms with van der Waals surface area (Å²) in [6.45, 7) is 10.8. The zero-order valence-corrected chi connectivity index (χ0v) is 31.4. The fourth-order valence-electron chi connectivity index (χ4n) is 11.0. The van der Waals surface area contributed by atoms with Gasteiger partial charge in [-0.15, -0.1) is 0 Å². The summed E-state index contributed by atoms with van der Waals surface area (Å²) in [6.07, 6.45) is 1.00. The van der Waals surface area contributed by atoms with E-state index in [1.54, 1.807) is 0 Å². The minimum atomic E-state index is -3.45. The molecule has 3 nitrogen and oxygen atoms in total. The van der Waals surface area contributed by atoms with Crippen LogP contribution in [-0.2, 0) is 15.7 Å². The molecule has 5 atom stereocenters. The van der Waals surface area contributed by atoms with Gasteiger partial charge in [-0.25, -0.2) is 0 Å². The summed E-state index contributed by atoms with van der Waals surface area (Å²) in [7, 11) is -6.80. The zero-order chi connectivity index (χ0) is 35.5. The zero-order valence-electron chi connectivity index (χ0n) is 29.6. The van der Waals surface area contributed by atoms with Crippen molar-refractivity contribution in [2.45, 2.75) is 25.7 Å². The average molecular weight is 714 g/mol. The van der Waals surface area contributed by atoms with Crippen LogP contribution in [0.2, 0.25) is 0 Å². The van der Waals surface area contributed by atoms with Crippen molar-refractivity contribution in [2.24, 2.45) is 10.8 Å². The maximum atomic E-state index is 17.2. The molecule has 5 aliphatic rings. The molecular weight excluding hydrogens is 672 g/mol. The van der Waals surface area contributed by atoms with Crippen LogP contribution in [0.3, 0.4) is 0 Å². The first-order valence-electron chi connectivity index (χ1n) is 18.3. The predicted octanol–water partition coefficient (Wildman–Crippen LogP) is 11.9. The van der Waals surface area contributed by atoms with Gasteiger partial charge in [0.1, 0.15) is 19.6 Å². The van der Waals surface area contributed by atoms with Crippen molar-refractivity contribution in [3.63, 3.8) is 0 Å². The van der Waals surface area contributed by atoms with E-state index in [9.17, 15) is 0 Å². The normalized spacial score (nSPS) is 31.8. The fraction of sp³-hybridized carbons (Fsp3) is 0.191. The molecule has 1 fully saturated rings. The van der Waals surface area contributed by atoms with Crippen LogP contribution in [0, 0.1) is 10.8 Å². The number of rotatable bonds is 6. The van der Waals surface area contributed by atoms with Crippen LogP contribution in [0.25, 0.3) is 21.8 Å². The van der Waals surface area contributed by atoms with Crippen LogP contribution in [0.15, 0.2) is 175 Å². The van der Waals surface area contributed by atoms with E-state index in [2.05, 4.69) is 140 Å². The molecule has 5 heteroatoms. The van der Waals surface area contributed by atoms with Crippen molar-refractivity contribution in [1.29, 1.82) is 0 Å². The Kier molecular flexibility index (Phi) is 6.80. The van der Waals surface area contributed by atoms with E-state index in [0.29, 0.717) is 25.4 Å². The SMILES string of the molecule is C=C1[C@@]2(C)C[P@](=O)(C(c3ccccc3)=C2c2ccccc2)[C@]12C1=C(CN2Cc2ccccc2)C2(C)CP1(=O)C(c1ccccc1)=C2c1ccccc1. The average Bonchev–Trinajstić information content (AvgIpc) is 3.85. The third-order valence-corrected chi connectivity index (χ3v) is 20.8. The standard InChI is InChI=1S/C47H41NO2P2/c1-33-45(2)32-52(50,43(38-27-17-8-18-28-38)41(45)36-23-13-6-14-24-36)47(33)44-39(30-48(47)29-34-19-9-4-10-20-34)46(3)31-51(44,49)42(37-25-15-7-16-26-37)40(46)35-21-11-5-12-22-35/h4-28H,1,29-32H2,2-3H3/t45-,46?,47+,51?,52+/m1/s1. The first-order chi connectivity index (χ1) is 25.2. The Hall–Kier alpha value is -4.52. The molecule has 0 aliphatic carbocycles. The van der Waals surface area contributed by atoms with Crippen LogP contribution in [0.1, 0.15) is 41.7 Å². The van der Waals surface area contributed by atoms with Crippen LogP contribution < -0.4 is 0 Å². The molecule has 0 amide bonds. The van der Waals surface area contributed by atoms with Crippen molar-refractivity contribution >= 4 is 36.1 Å². The smallest absolute Gasteiger partial charge is 0.145 e. The van der Waals surface area contributed by atoms with Crippen LogP contribution in [0.4, 0.5) is 0 Å². The van der Waals surface area contributed by atoms with Gasteiger partial charge in [0, 0.05) is 52.2 Å². The molecule has 4 bridgehead atoms. The second kappa shape index (κ2) is 11.0. The van der Waals surface area contributed by atoms with Crippen LogP contribution in [-0.4, -0.2) is 29.0 Å². The fourth-order valence-corrected chi connectivity index (χ4v) is 21.6. The van der Waals surface area contributed by atoms with E-state index >= 15 is 9.13 Å². The molecule has 5 aromatic carbocycles. The molecule has 0 N–H and O–H groups in total. The monoisotopic (exact) mass is 713 g/mol. The molecule has 52 heavy (non-hydrogen) atoms. The number of nitrogens with zero attached hydrogens (tertiary/aromatic N) is 1. The summed E-state index contributed by atoms with van der Waals surface area (Å²) in [6, 6.07) is 52.3. The van der Waals surface area contributed by atoms with E-state index in [-0.39, 0.29) is 0 Å². The highest BCUT2D eigenvalue weighted by molar-refractivity contribution is 7.83. The maximum absolute atomic E-state index is 17.2. The van der Waals surface area contributed by atoms with Crippen molar-refractivity contribution in [1.82, 2.24) is 4.90 Å². The summed E-state index contributed by atoms with van der Waals surface area (Å²) in [5, 5.41) is 1.75. The largest absolute Gasteiger partial charge is 0.316 e. The van der Waals surface area contributed by atoms with E-state index in [4.69, 9.17) is 6.58 Å². The molecule has 1 saturated heterocycles. The van der Waals surface area contributed by atoms with Gasteiger partial charge in [-0.1, -0.05) is 172 Å². The Balaban J connectivity index is 1.30. The van der Waals surface area contributed by atoms with Gasteiger partial charge in [0.05, 0.1) is 0 Å². The third-order valence-electron chi connectivity index (χ3n) is 12.9. The Morgan fingerprint density at radius 1 is 0.577 bits per heavy atom. The van der Waals surface area contributed by atoms with Crippen LogP contribution >= 0.6 is 14.3 Å². The number of benzene rings is 5. The lowest BCUT2D eigenvalue weighted by Gasteiger charge is -2.49. The second-order valence-electron chi connectivity index (χ2n) is 15.7. The lowest BCUT2D eigenvalue weighted by atomic mass is 9.70. The molecule has 0 radical (unpaired) electrons.